The number of guanidine groups is 1. The minimum atomic E-state index is 0. The van der Waals surface area contributed by atoms with Crippen molar-refractivity contribution < 1.29 is 4.74 Å². The van der Waals surface area contributed by atoms with E-state index < -0.39 is 0 Å². The molecule has 0 aromatic heterocycles. The number of halogens is 1. The number of aliphatic imine (C=N–C) groups is 1. The van der Waals surface area contributed by atoms with E-state index in [1.165, 1.54) is 54.6 Å². The van der Waals surface area contributed by atoms with Crippen LogP contribution in [0.4, 0.5) is 0 Å². The number of ether oxygens (including phenoxy) is 1. The highest BCUT2D eigenvalue weighted by Gasteiger charge is 2.13. The Morgan fingerprint density at radius 3 is 2.09 bits per heavy atom. The first-order chi connectivity index (χ1) is 16.3. The average molecular weight is 578 g/mol. The lowest BCUT2D eigenvalue weighted by Crippen LogP contribution is -2.37. The van der Waals surface area contributed by atoms with Gasteiger partial charge in [-0.3, -0.25) is 14.8 Å². The summed E-state index contributed by atoms with van der Waals surface area (Å²) in [5.41, 5.74) is 5.36. The molecular weight excluding hydrogens is 537 g/mol. The first kappa shape index (κ1) is 26.9. The number of nitrogens with zero attached hydrogens (tertiary/aromatic N) is 3. The number of hydrogen-bond donors (Lipinski definition) is 2. The molecule has 4 rings (SSSR count). The molecule has 2 saturated heterocycles. The minimum absolute atomic E-state index is 0. The van der Waals surface area contributed by atoms with Crippen molar-refractivity contribution in [3.8, 4) is 0 Å². The number of hydrogen-bond acceptors (Lipinski definition) is 4. The molecule has 2 aliphatic rings. The summed E-state index contributed by atoms with van der Waals surface area (Å²) in [6.07, 6.45) is 4.06. The zero-order chi connectivity index (χ0) is 22.7. The number of likely N-dealkylation sites (tertiary alicyclic amines) is 1. The van der Waals surface area contributed by atoms with E-state index in [0.29, 0.717) is 0 Å². The van der Waals surface area contributed by atoms with Gasteiger partial charge in [-0.15, -0.1) is 24.0 Å². The van der Waals surface area contributed by atoms with Crippen LogP contribution in [0.5, 0.6) is 0 Å². The molecule has 0 aliphatic carbocycles. The molecule has 0 atom stereocenters. The first-order valence-corrected chi connectivity index (χ1v) is 12.4. The van der Waals surface area contributed by atoms with Crippen LogP contribution in [0.25, 0.3) is 0 Å². The summed E-state index contributed by atoms with van der Waals surface area (Å²) < 4.78 is 5.48. The van der Waals surface area contributed by atoms with Crippen LogP contribution in [0.1, 0.15) is 41.5 Å². The molecule has 186 valence electrons. The Labute approximate surface area is 222 Å². The topological polar surface area (TPSA) is 52.1 Å². The van der Waals surface area contributed by atoms with Crippen molar-refractivity contribution in [3.05, 3.63) is 70.8 Å². The Bertz CT molecular complexity index is 877. The summed E-state index contributed by atoms with van der Waals surface area (Å²) in [5, 5.41) is 6.95. The lowest BCUT2D eigenvalue weighted by Gasteiger charge is -2.27. The quantitative estimate of drug-likeness (QED) is 0.283. The Kier molecular flexibility index (Phi) is 11.6. The van der Waals surface area contributed by atoms with Crippen LogP contribution >= 0.6 is 24.0 Å². The number of morpholine rings is 1. The van der Waals surface area contributed by atoms with Crippen LogP contribution in [0.15, 0.2) is 53.5 Å². The van der Waals surface area contributed by atoms with Gasteiger partial charge in [-0.2, -0.15) is 0 Å². The molecule has 0 spiro atoms. The van der Waals surface area contributed by atoms with Gasteiger partial charge in [0.1, 0.15) is 0 Å². The summed E-state index contributed by atoms with van der Waals surface area (Å²) in [5.74, 6) is 0.827. The van der Waals surface area contributed by atoms with Crippen molar-refractivity contribution in [2.45, 2.75) is 45.4 Å². The molecule has 7 heteroatoms. The zero-order valence-electron chi connectivity index (χ0n) is 20.5. The third kappa shape index (κ3) is 8.52. The number of benzene rings is 2. The maximum atomic E-state index is 5.48. The third-order valence-electron chi connectivity index (χ3n) is 6.62. The van der Waals surface area contributed by atoms with Gasteiger partial charge in [0.15, 0.2) is 5.96 Å². The van der Waals surface area contributed by atoms with Gasteiger partial charge in [0, 0.05) is 46.3 Å². The maximum Gasteiger partial charge on any atom is 0.191 e. The highest BCUT2D eigenvalue weighted by atomic mass is 127. The molecule has 2 aromatic rings. The molecule has 2 N–H and O–H groups in total. The molecule has 2 fully saturated rings. The van der Waals surface area contributed by atoms with Crippen molar-refractivity contribution in [1.29, 1.82) is 0 Å². The van der Waals surface area contributed by atoms with Crippen molar-refractivity contribution in [3.63, 3.8) is 0 Å². The van der Waals surface area contributed by atoms with Gasteiger partial charge in [-0.1, -0.05) is 55.0 Å². The van der Waals surface area contributed by atoms with Gasteiger partial charge >= 0.3 is 0 Å². The fourth-order valence-electron chi connectivity index (χ4n) is 4.61. The highest BCUT2D eigenvalue weighted by Crippen LogP contribution is 2.14. The van der Waals surface area contributed by atoms with Crippen LogP contribution in [-0.2, 0) is 30.9 Å². The fourth-order valence-corrected chi connectivity index (χ4v) is 4.61. The molecule has 34 heavy (non-hydrogen) atoms. The van der Waals surface area contributed by atoms with Gasteiger partial charge in [-0.05, 0) is 48.2 Å². The van der Waals surface area contributed by atoms with Crippen molar-refractivity contribution in [2.24, 2.45) is 4.99 Å². The molecule has 0 saturated carbocycles. The molecule has 2 heterocycles. The smallest absolute Gasteiger partial charge is 0.191 e. The van der Waals surface area contributed by atoms with E-state index in [-0.39, 0.29) is 24.0 Å². The van der Waals surface area contributed by atoms with Gasteiger partial charge in [0.2, 0.25) is 0 Å². The van der Waals surface area contributed by atoms with Gasteiger partial charge < -0.3 is 15.4 Å². The van der Waals surface area contributed by atoms with Gasteiger partial charge in [0.25, 0.3) is 0 Å². The Hall–Kier alpha value is -1.68. The lowest BCUT2D eigenvalue weighted by molar-refractivity contribution is 0.0341. The Morgan fingerprint density at radius 1 is 0.765 bits per heavy atom. The fraction of sp³-hybridized carbons (Fsp3) is 0.519. The van der Waals surface area contributed by atoms with Crippen molar-refractivity contribution in [2.75, 3.05) is 46.4 Å². The molecule has 2 aromatic carbocycles. The minimum Gasteiger partial charge on any atom is -0.379 e. The van der Waals surface area contributed by atoms with Crippen LogP contribution in [0, 0.1) is 0 Å². The van der Waals surface area contributed by atoms with E-state index >= 15 is 0 Å². The zero-order valence-corrected chi connectivity index (χ0v) is 22.8. The predicted octanol–water partition coefficient (Wildman–Crippen LogP) is 3.99. The Morgan fingerprint density at radius 2 is 1.38 bits per heavy atom. The van der Waals surface area contributed by atoms with Gasteiger partial charge in [-0.25, -0.2) is 0 Å². The second-order valence-electron chi connectivity index (χ2n) is 9.09. The van der Waals surface area contributed by atoms with E-state index in [2.05, 4.69) is 74.0 Å². The van der Waals surface area contributed by atoms with Crippen LogP contribution < -0.4 is 10.6 Å². The number of rotatable bonds is 8. The summed E-state index contributed by atoms with van der Waals surface area (Å²) in [7, 11) is 1.83. The largest absolute Gasteiger partial charge is 0.379 e. The van der Waals surface area contributed by atoms with Crippen LogP contribution in [-0.4, -0.2) is 62.2 Å². The number of nitrogens with one attached hydrogen (secondary N) is 2. The van der Waals surface area contributed by atoms with E-state index in [9.17, 15) is 0 Å². The lowest BCUT2D eigenvalue weighted by atomic mass is 10.1. The van der Waals surface area contributed by atoms with Gasteiger partial charge in [0.05, 0.1) is 13.2 Å². The summed E-state index contributed by atoms with van der Waals surface area (Å²) in [6.45, 7) is 9.70. The molecule has 2 aliphatic heterocycles. The first-order valence-electron chi connectivity index (χ1n) is 12.4. The predicted molar refractivity (Wildman–Crippen MR) is 151 cm³/mol. The average Bonchev–Trinajstić information content (AvgIpc) is 2.87. The summed E-state index contributed by atoms with van der Waals surface area (Å²) in [6, 6.07) is 17.7. The van der Waals surface area contributed by atoms with E-state index in [4.69, 9.17) is 4.74 Å². The molecule has 0 amide bonds. The third-order valence-corrected chi connectivity index (χ3v) is 6.62. The summed E-state index contributed by atoms with van der Waals surface area (Å²) >= 11 is 0. The number of piperidine rings is 1. The molecule has 0 bridgehead atoms. The second-order valence-corrected chi connectivity index (χ2v) is 9.09. The van der Waals surface area contributed by atoms with Crippen molar-refractivity contribution in [1.82, 2.24) is 20.4 Å². The van der Waals surface area contributed by atoms with E-state index in [0.717, 1.165) is 58.4 Å². The second kappa shape index (κ2) is 14.7. The Balaban J connectivity index is 0.00000324. The maximum absolute atomic E-state index is 5.48. The molecule has 0 unspecified atom stereocenters. The standard InChI is InChI=1S/C27H39N5O.HI/c1-28-27(29-19-23-9-11-24(12-10-23)21-31-13-5-2-6-14-31)30-20-25-7-3-4-8-26(25)22-32-15-17-33-18-16-32;/h3-4,7-12H,2,5-6,13-22H2,1H3,(H2,28,29,30);1H. The normalized spacial score (nSPS) is 17.7. The molecular formula is C27H40IN5O. The van der Waals surface area contributed by atoms with Crippen LogP contribution in [0.2, 0.25) is 0 Å². The highest BCUT2D eigenvalue weighted by molar-refractivity contribution is 14.0. The summed E-state index contributed by atoms with van der Waals surface area (Å²) in [4.78, 5) is 9.45. The SMILES string of the molecule is CN=C(NCc1ccc(CN2CCCCC2)cc1)NCc1ccccc1CN1CCOCC1.I. The van der Waals surface area contributed by atoms with Crippen molar-refractivity contribution >= 4 is 29.9 Å². The molecule has 0 radical (unpaired) electrons. The van der Waals surface area contributed by atoms with Crippen LogP contribution in [0.3, 0.4) is 0 Å². The molecule has 6 nitrogen and oxygen atoms in total. The van der Waals surface area contributed by atoms with E-state index in [1.807, 2.05) is 7.05 Å². The van der Waals surface area contributed by atoms with E-state index in [1.54, 1.807) is 0 Å². The monoisotopic (exact) mass is 577 g/mol.